The fourth-order valence-corrected chi connectivity index (χ4v) is 2.27. The Balaban J connectivity index is 2.24. The van der Waals surface area contributed by atoms with E-state index in [0.29, 0.717) is 10.7 Å². The maximum atomic E-state index is 13.9. The van der Waals surface area contributed by atoms with E-state index in [1.54, 1.807) is 6.07 Å². The fourth-order valence-electron chi connectivity index (χ4n) is 2.07. The molecular formula is C16H17ClFN. The van der Waals surface area contributed by atoms with Gasteiger partial charge in [0.25, 0.3) is 0 Å². The maximum Gasteiger partial charge on any atom is 0.146 e. The topological polar surface area (TPSA) is 12.0 Å². The Kier molecular flexibility index (Phi) is 4.43. The molecule has 3 heteroatoms. The summed E-state index contributed by atoms with van der Waals surface area (Å²) in [4.78, 5) is 0. The zero-order valence-electron chi connectivity index (χ0n) is 11.1. The smallest absolute Gasteiger partial charge is 0.146 e. The third-order valence-electron chi connectivity index (χ3n) is 3.11. The Morgan fingerprint density at radius 2 is 2.00 bits per heavy atom. The number of nitrogens with one attached hydrogen (secondary N) is 1. The van der Waals surface area contributed by atoms with E-state index < -0.39 is 0 Å². The molecule has 0 radical (unpaired) electrons. The van der Waals surface area contributed by atoms with Crippen molar-refractivity contribution in [3.63, 3.8) is 0 Å². The Morgan fingerprint density at radius 1 is 1.21 bits per heavy atom. The molecule has 0 spiro atoms. The number of rotatable bonds is 4. The first kappa shape index (κ1) is 13.9. The van der Waals surface area contributed by atoms with Crippen LogP contribution in [-0.2, 0) is 0 Å². The molecule has 2 rings (SSSR count). The molecule has 0 heterocycles. The Hall–Kier alpha value is -1.54. The zero-order chi connectivity index (χ0) is 13.8. The highest BCUT2D eigenvalue weighted by molar-refractivity contribution is 6.30. The van der Waals surface area contributed by atoms with Gasteiger partial charge in [0.2, 0.25) is 0 Å². The van der Waals surface area contributed by atoms with E-state index in [4.69, 9.17) is 11.6 Å². The van der Waals surface area contributed by atoms with Crippen molar-refractivity contribution in [2.24, 2.45) is 0 Å². The minimum Gasteiger partial charge on any atom is -0.376 e. The fraction of sp³-hybridized carbons (Fsp3) is 0.250. The second-order valence-electron chi connectivity index (χ2n) is 4.64. The largest absolute Gasteiger partial charge is 0.376 e. The standard InChI is InChI=1S/C16H17ClFN/c1-3-15(12-5-4-6-13(17)10-12)19-16-8-7-11(2)9-14(16)18/h4-10,15,19H,3H2,1-2H3. The Bertz CT molecular complexity index is 568. The Morgan fingerprint density at radius 3 is 2.63 bits per heavy atom. The van der Waals surface area contributed by atoms with Crippen LogP contribution >= 0.6 is 11.6 Å². The summed E-state index contributed by atoms with van der Waals surface area (Å²) in [5, 5.41) is 3.93. The first-order valence-corrected chi connectivity index (χ1v) is 6.76. The predicted molar refractivity (Wildman–Crippen MR) is 79.2 cm³/mol. The van der Waals surface area contributed by atoms with Gasteiger partial charge in [0.1, 0.15) is 5.82 Å². The van der Waals surface area contributed by atoms with E-state index in [1.807, 2.05) is 37.3 Å². The van der Waals surface area contributed by atoms with Crippen molar-refractivity contribution in [1.29, 1.82) is 0 Å². The first-order chi connectivity index (χ1) is 9.10. The van der Waals surface area contributed by atoms with Crippen LogP contribution in [0, 0.1) is 12.7 Å². The summed E-state index contributed by atoms with van der Waals surface area (Å²) in [5.74, 6) is -0.222. The highest BCUT2D eigenvalue weighted by Gasteiger charge is 2.11. The van der Waals surface area contributed by atoms with Gasteiger partial charge in [-0.1, -0.05) is 36.7 Å². The van der Waals surface area contributed by atoms with Gasteiger partial charge in [0.15, 0.2) is 0 Å². The van der Waals surface area contributed by atoms with E-state index in [2.05, 4.69) is 12.2 Å². The minimum absolute atomic E-state index is 0.0518. The van der Waals surface area contributed by atoms with Gasteiger partial charge in [0.05, 0.1) is 11.7 Å². The zero-order valence-corrected chi connectivity index (χ0v) is 11.8. The summed E-state index contributed by atoms with van der Waals surface area (Å²) in [6, 6.07) is 12.9. The van der Waals surface area contributed by atoms with Crippen molar-refractivity contribution >= 4 is 17.3 Å². The molecule has 0 saturated carbocycles. The van der Waals surface area contributed by atoms with Gasteiger partial charge in [0, 0.05) is 5.02 Å². The van der Waals surface area contributed by atoms with Crippen LogP contribution in [0.4, 0.5) is 10.1 Å². The van der Waals surface area contributed by atoms with E-state index >= 15 is 0 Å². The summed E-state index contributed by atoms with van der Waals surface area (Å²) in [6.07, 6.45) is 0.855. The van der Waals surface area contributed by atoms with Crippen molar-refractivity contribution in [3.05, 3.63) is 64.4 Å². The highest BCUT2D eigenvalue weighted by Crippen LogP contribution is 2.26. The van der Waals surface area contributed by atoms with Gasteiger partial charge in [-0.3, -0.25) is 0 Å². The molecule has 0 aliphatic carbocycles. The van der Waals surface area contributed by atoms with Crippen LogP contribution < -0.4 is 5.32 Å². The number of anilines is 1. The van der Waals surface area contributed by atoms with Crippen molar-refractivity contribution in [1.82, 2.24) is 0 Å². The van der Waals surface area contributed by atoms with Gasteiger partial charge in [-0.15, -0.1) is 0 Å². The summed E-state index contributed by atoms with van der Waals surface area (Å²) in [6.45, 7) is 3.94. The lowest BCUT2D eigenvalue weighted by Crippen LogP contribution is -2.10. The molecule has 2 aromatic carbocycles. The quantitative estimate of drug-likeness (QED) is 0.794. The molecule has 100 valence electrons. The Labute approximate surface area is 118 Å². The number of benzene rings is 2. The van der Waals surface area contributed by atoms with Gasteiger partial charge in [-0.2, -0.15) is 0 Å². The van der Waals surface area contributed by atoms with E-state index in [9.17, 15) is 4.39 Å². The average molecular weight is 278 g/mol. The van der Waals surface area contributed by atoms with Gasteiger partial charge >= 0.3 is 0 Å². The van der Waals surface area contributed by atoms with E-state index in [-0.39, 0.29) is 11.9 Å². The van der Waals surface area contributed by atoms with Crippen molar-refractivity contribution in [2.45, 2.75) is 26.3 Å². The lowest BCUT2D eigenvalue weighted by molar-refractivity contribution is 0.622. The molecular weight excluding hydrogens is 261 g/mol. The SMILES string of the molecule is CCC(Nc1ccc(C)cc1F)c1cccc(Cl)c1. The maximum absolute atomic E-state index is 13.9. The van der Waals surface area contributed by atoms with Crippen LogP contribution in [-0.4, -0.2) is 0 Å². The molecule has 1 N–H and O–H groups in total. The highest BCUT2D eigenvalue weighted by atomic mass is 35.5. The molecule has 1 unspecified atom stereocenters. The summed E-state index contributed by atoms with van der Waals surface area (Å²) >= 11 is 6.00. The molecule has 0 aliphatic rings. The second kappa shape index (κ2) is 6.07. The van der Waals surface area contributed by atoms with Gasteiger partial charge < -0.3 is 5.32 Å². The number of hydrogen-bond acceptors (Lipinski definition) is 1. The lowest BCUT2D eigenvalue weighted by atomic mass is 10.0. The third-order valence-corrected chi connectivity index (χ3v) is 3.35. The predicted octanol–water partition coefficient (Wildman–Crippen LogP) is 5.35. The van der Waals surface area contributed by atoms with Crippen molar-refractivity contribution in [3.8, 4) is 0 Å². The van der Waals surface area contributed by atoms with Crippen LogP contribution in [0.2, 0.25) is 5.02 Å². The van der Waals surface area contributed by atoms with Crippen LogP contribution in [0.15, 0.2) is 42.5 Å². The first-order valence-electron chi connectivity index (χ1n) is 6.38. The second-order valence-corrected chi connectivity index (χ2v) is 5.08. The molecule has 0 aliphatic heterocycles. The molecule has 0 bridgehead atoms. The number of aryl methyl sites for hydroxylation is 1. The minimum atomic E-state index is -0.222. The van der Waals surface area contributed by atoms with E-state index in [1.165, 1.54) is 6.07 Å². The molecule has 0 fully saturated rings. The molecule has 2 aromatic rings. The number of halogens is 2. The van der Waals surface area contributed by atoms with Crippen molar-refractivity contribution in [2.75, 3.05) is 5.32 Å². The average Bonchev–Trinajstić information content (AvgIpc) is 2.38. The monoisotopic (exact) mass is 277 g/mol. The summed E-state index contributed by atoms with van der Waals surface area (Å²) < 4.78 is 13.9. The molecule has 19 heavy (non-hydrogen) atoms. The molecule has 1 nitrogen and oxygen atoms in total. The molecule has 0 aromatic heterocycles. The number of hydrogen-bond donors (Lipinski definition) is 1. The van der Waals surface area contributed by atoms with Crippen LogP contribution in [0.1, 0.15) is 30.5 Å². The van der Waals surface area contributed by atoms with Crippen LogP contribution in [0.5, 0.6) is 0 Å². The van der Waals surface area contributed by atoms with Gasteiger partial charge in [-0.25, -0.2) is 4.39 Å². The summed E-state index contributed by atoms with van der Waals surface area (Å²) in [7, 11) is 0. The van der Waals surface area contributed by atoms with Crippen LogP contribution in [0.3, 0.4) is 0 Å². The summed E-state index contributed by atoms with van der Waals surface area (Å²) in [5.41, 5.74) is 2.51. The van der Waals surface area contributed by atoms with Crippen LogP contribution in [0.25, 0.3) is 0 Å². The molecule has 1 atom stereocenters. The molecule has 0 saturated heterocycles. The molecule has 0 amide bonds. The van der Waals surface area contributed by atoms with E-state index in [0.717, 1.165) is 17.5 Å². The normalized spacial score (nSPS) is 12.2. The van der Waals surface area contributed by atoms with Gasteiger partial charge in [-0.05, 0) is 48.7 Å². The third kappa shape index (κ3) is 3.48. The van der Waals surface area contributed by atoms with Crippen molar-refractivity contribution < 1.29 is 4.39 Å². The lowest BCUT2D eigenvalue weighted by Gasteiger charge is -2.19.